The van der Waals surface area contributed by atoms with Gasteiger partial charge in [0.25, 0.3) is 0 Å². The van der Waals surface area contributed by atoms with Crippen molar-refractivity contribution in [1.82, 2.24) is 9.78 Å². The maximum Gasteiger partial charge on any atom is 0.344 e. The number of anilines is 2. The number of urea groups is 1. The van der Waals surface area contributed by atoms with E-state index in [1.807, 2.05) is 0 Å². The lowest BCUT2D eigenvalue weighted by Crippen LogP contribution is -2.23. The van der Waals surface area contributed by atoms with Crippen molar-refractivity contribution < 1.29 is 33.0 Å². The highest BCUT2D eigenvalue weighted by molar-refractivity contribution is 6.32. The van der Waals surface area contributed by atoms with Gasteiger partial charge in [-0.1, -0.05) is 11.6 Å². The van der Waals surface area contributed by atoms with E-state index in [1.165, 1.54) is 17.9 Å². The molecule has 0 bridgehead atoms. The summed E-state index contributed by atoms with van der Waals surface area (Å²) in [5.74, 6) is -2.12. The van der Waals surface area contributed by atoms with Crippen molar-refractivity contribution in [2.45, 2.75) is 13.8 Å². The third-order valence-electron chi connectivity index (χ3n) is 3.59. The highest BCUT2D eigenvalue weighted by atomic mass is 35.5. The Labute approximate surface area is 176 Å². The number of carbonyl (C=O) groups is 3. The van der Waals surface area contributed by atoms with E-state index in [1.54, 1.807) is 13.8 Å². The Kier molecular flexibility index (Phi) is 7.98. The fraction of sp³-hybridized carbons (Fsp3) is 0.333. The number of esters is 2. The first-order chi connectivity index (χ1) is 14.3. The van der Waals surface area contributed by atoms with Crippen LogP contribution in [-0.4, -0.2) is 47.6 Å². The van der Waals surface area contributed by atoms with Crippen molar-refractivity contribution in [3.63, 3.8) is 0 Å². The molecular formula is C18H20ClFN4O6. The Morgan fingerprint density at radius 2 is 1.87 bits per heavy atom. The predicted molar refractivity (Wildman–Crippen MR) is 105 cm³/mol. The van der Waals surface area contributed by atoms with Gasteiger partial charge < -0.3 is 19.5 Å². The van der Waals surface area contributed by atoms with Crippen LogP contribution in [0.4, 0.5) is 20.7 Å². The van der Waals surface area contributed by atoms with Gasteiger partial charge in [-0.05, 0) is 19.9 Å². The maximum atomic E-state index is 14.2. The minimum Gasteiger partial charge on any atom is -0.480 e. The molecule has 12 heteroatoms. The zero-order valence-corrected chi connectivity index (χ0v) is 17.2. The molecule has 0 aliphatic heterocycles. The zero-order valence-electron chi connectivity index (χ0n) is 16.5. The van der Waals surface area contributed by atoms with Crippen molar-refractivity contribution in [1.29, 1.82) is 0 Å². The molecule has 0 spiro atoms. The fourth-order valence-corrected chi connectivity index (χ4v) is 2.48. The molecule has 0 aliphatic rings. The van der Waals surface area contributed by atoms with E-state index in [9.17, 15) is 18.8 Å². The van der Waals surface area contributed by atoms with Gasteiger partial charge in [-0.3, -0.25) is 10.00 Å². The minimum absolute atomic E-state index is 0.0320. The summed E-state index contributed by atoms with van der Waals surface area (Å²) in [7, 11) is 1.50. The van der Waals surface area contributed by atoms with Crippen LogP contribution in [-0.2, 0) is 21.3 Å². The van der Waals surface area contributed by atoms with E-state index in [4.69, 9.17) is 25.8 Å². The highest BCUT2D eigenvalue weighted by Gasteiger charge is 2.20. The largest absolute Gasteiger partial charge is 0.480 e. The van der Waals surface area contributed by atoms with Gasteiger partial charge in [0.2, 0.25) is 0 Å². The van der Waals surface area contributed by atoms with E-state index in [-0.39, 0.29) is 41.1 Å². The molecule has 0 saturated carbocycles. The lowest BCUT2D eigenvalue weighted by molar-refractivity contribution is -0.145. The van der Waals surface area contributed by atoms with Gasteiger partial charge in [0.1, 0.15) is 22.9 Å². The first-order valence-corrected chi connectivity index (χ1v) is 9.19. The molecule has 10 nitrogen and oxygen atoms in total. The lowest BCUT2D eigenvalue weighted by Gasteiger charge is -2.13. The molecule has 30 heavy (non-hydrogen) atoms. The summed E-state index contributed by atoms with van der Waals surface area (Å²) in [6, 6.07) is 1.18. The lowest BCUT2D eigenvalue weighted by atomic mass is 10.3. The topological polar surface area (TPSA) is 121 Å². The molecule has 0 unspecified atom stereocenters. The van der Waals surface area contributed by atoms with Gasteiger partial charge >= 0.3 is 18.0 Å². The zero-order chi connectivity index (χ0) is 22.3. The number of benzene rings is 1. The number of rotatable bonds is 8. The van der Waals surface area contributed by atoms with Crippen LogP contribution >= 0.6 is 11.6 Å². The number of nitrogens with zero attached hydrogens (tertiary/aromatic N) is 2. The van der Waals surface area contributed by atoms with Gasteiger partial charge in [0.05, 0.1) is 30.1 Å². The molecule has 2 amide bonds. The van der Waals surface area contributed by atoms with Gasteiger partial charge in [-0.25, -0.2) is 18.8 Å². The molecule has 0 atom stereocenters. The first-order valence-electron chi connectivity index (χ1n) is 8.81. The van der Waals surface area contributed by atoms with Crippen LogP contribution in [0.3, 0.4) is 0 Å². The molecule has 1 heterocycles. The molecule has 0 saturated heterocycles. The van der Waals surface area contributed by atoms with Crippen molar-refractivity contribution in [2.24, 2.45) is 7.05 Å². The maximum absolute atomic E-state index is 14.2. The van der Waals surface area contributed by atoms with Crippen LogP contribution in [0.15, 0.2) is 18.3 Å². The van der Waals surface area contributed by atoms with Gasteiger partial charge in [0.15, 0.2) is 6.61 Å². The Bertz CT molecular complexity index is 949. The van der Waals surface area contributed by atoms with Crippen LogP contribution in [0.2, 0.25) is 5.02 Å². The van der Waals surface area contributed by atoms with Gasteiger partial charge in [-0.2, -0.15) is 5.10 Å². The first kappa shape index (κ1) is 22.9. The summed E-state index contributed by atoms with van der Waals surface area (Å²) >= 11 is 5.91. The van der Waals surface area contributed by atoms with Crippen molar-refractivity contribution in [3.05, 3.63) is 34.7 Å². The molecule has 162 valence electrons. The molecule has 1 aromatic heterocycles. The summed E-state index contributed by atoms with van der Waals surface area (Å²) < 4.78 is 30.3. The molecule has 0 radical (unpaired) electrons. The summed E-state index contributed by atoms with van der Waals surface area (Å²) in [6.45, 7) is 3.15. The number of hydrogen-bond acceptors (Lipinski definition) is 7. The van der Waals surface area contributed by atoms with Crippen molar-refractivity contribution in [3.8, 4) is 5.75 Å². The van der Waals surface area contributed by atoms with E-state index >= 15 is 0 Å². The Morgan fingerprint density at radius 3 is 2.53 bits per heavy atom. The summed E-state index contributed by atoms with van der Waals surface area (Å²) in [4.78, 5) is 35.7. The second kappa shape index (κ2) is 10.4. The third kappa shape index (κ3) is 5.83. The standard InChI is InChI=1S/C18H20ClFN4O6/c1-4-28-15(25)9-30-14-7-13(12(20)6-11(14)19)22-18(27)23-16-10(8-21-24(16)3)17(26)29-5-2/h6-8H,4-5,9H2,1-3H3,(H2,22,23,27). The Balaban J connectivity index is 2.14. The molecule has 0 aliphatic carbocycles. The number of ether oxygens (including phenoxy) is 3. The van der Waals surface area contributed by atoms with E-state index < -0.39 is 30.4 Å². The molecule has 1 aromatic carbocycles. The molecule has 2 aromatic rings. The second-order valence-corrected chi connectivity index (χ2v) is 6.09. The summed E-state index contributed by atoms with van der Waals surface area (Å²) in [6.07, 6.45) is 1.23. The number of amides is 2. The number of aryl methyl sites for hydroxylation is 1. The number of hydrogen-bond donors (Lipinski definition) is 2. The second-order valence-electron chi connectivity index (χ2n) is 5.69. The van der Waals surface area contributed by atoms with E-state index in [2.05, 4.69) is 15.7 Å². The number of aromatic nitrogens is 2. The van der Waals surface area contributed by atoms with E-state index in [0.29, 0.717) is 0 Å². The molecule has 0 fully saturated rings. The predicted octanol–water partition coefficient (Wildman–Crippen LogP) is 2.98. The molecule has 2 N–H and O–H groups in total. The third-order valence-corrected chi connectivity index (χ3v) is 3.88. The molecular weight excluding hydrogens is 423 g/mol. The van der Waals surface area contributed by atoms with Crippen LogP contribution in [0.1, 0.15) is 24.2 Å². The average molecular weight is 443 g/mol. The SMILES string of the molecule is CCOC(=O)COc1cc(NC(=O)Nc2c(C(=O)OCC)cnn2C)c(F)cc1Cl. The van der Waals surface area contributed by atoms with Crippen molar-refractivity contribution >= 4 is 41.1 Å². The Hall–Kier alpha value is -3.34. The van der Waals surface area contributed by atoms with Gasteiger partial charge in [-0.15, -0.1) is 0 Å². The summed E-state index contributed by atoms with van der Waals surface area (Å²) in [5.41, 5.74) is -0.236. The van der Waals surface area contributed by atoms with Crippen LogP contribution in [0, 0.1) is 5.82 Å². The van der Waals surface area contributed by atoms with Crippen LogP contribution < -0.4 is 15.4 Å². The smallest absolute Gasteiger partial charge is 0.344 e. The Morgan fingerprint density at radius 1 is 1.17 bits per heavy atom. The highest BCUT2D eigenvalue weighted by Crippen LogP contribution is 2.30. The van der Waals surface area contributed by atoms with Crippen molar-refractivity contribution in [2.75, 3.05) is 30.5 Å². The monoisotopic (exact) mass is 442 g/mol. The fourth-order valence-electron chi connectivity index (χ4n) is 2.28. The van der Waals surface area contributed by atoms with Gasteiger partial charge in [0, 0.05) is 13.1 Å². The number of carbonyl (C=O) groups excluding carboxylic acids is 3. The number of halogens is 2. The van der Waals surface area contributed by atoms with E-state index in [0.717, 1.165) is 12.1 Å². The quantitative estimate of drug-likeness (QED) is 0.603. The normalized spacial score (nSPS) is 10.3. The minimum atomic E-state index is -0.860. The van der Waals surface area contributed by atoms with Crippen LogP contribution in [0.25, 0.3) is 0 Å². The summed E-state index contributed by atoms with van der Waals surface area (Å²) in [5, 5.41) is 8.49. The van der Waals surface area contributed by atoms with Crippen LogP contribution in [0.5, 0.6) is 5.75 Å². The molecule has 2 rings (SSSR count). The number of nitrogens with one attached hydrogen (secondary N) is 2. The average Bonchev–Trinajstić information content (AvgIpc) is 3.04.